The molecule has 6 heteroatoms. The Kier molecular flexibility index (Phi) is 4.42. The van der Waals surface area contributed by atoms with Gasteiger partial charge in [-0.25, -0.2) is 4.39 Å². The number of rotatable bonds is 4. The van der Waals surface area contributed by atoms with E-state index in [1.807, 2.05) is 0 Å². The van der Waals surface area contributed by atoms with Crippen molar-refractivity contribution in [1.82, 2.24) is 0 Å². The Morgan fingerprint density at radius 3 is 2.81 bits per heavy atom. The van der Waals surface area contributed by atoms with Crippen LogP contribution in [0, 0.1) is 15.9 Å². The second-order valence-electron chi connectivity index (χ2n) is 3.07. The summed E-state index contributed by atoms with van der Waals surface area (Å²) in [4.78, 5) is 9.89. The van der Waals surface area contributed by atoms with Crippen molar-refractivity contribution < 1.29 is 9.31 Å². The van der Waals surface area contributed by atoms with E-state index in [2.05, 4.69) is 15.9 Å². The Hall–Kier alpha value is -1.43. The second-order valence-corrected chi connectivity index (χ2v) is 3.87. The Balaban J connectivity index is 3.09. The van der Waals surface area contributed by atoms with E-state index in [9.17, 15) is 14.5 Å². The summed E-state index contributed by atoms with van der Waals surface area (Å²) in [7, 11) is 0. The fourth-order valence-electron chi connectivity index (χ4n) is 1.15. The molecule has 0 heterocycles. The highest BCUT2D eigenvalue weighted by Gasteiger charge is 2.16. The van der Waals surface area contributed by atoms with E-state index in [1.54, 1.807) is 12.2 Å². The molecule has 0 atom stereocenters. The molecule has 1 aromatic rings. The molecule has 4 nitrogen and oxygen atoms in total. The minimum absolute atomic E-state index is 0.404. The lowest BCUT2D eigenvalue weighted by Crippen LogP contribution is -1.99. The highest BCUT2D eigenvalue weighted by atomic mass is 79.9. The molecule has 0 aliphatic rings. The molecule has 0 amide bonds. The van der Waals surface area contributed by atoms with Gasteiger partial charge < -0.3 is 5.73 Å². The van der Waals surface area contributed by atoms with Crippen LogP contribution in [0.3, 0.4) is 0 Å². The zero-order valence-corrected chi connectivity index (χ0v) is 9.91. The van der Waals surface area contributed by atoms with Gasteiger partial charge in [0.05, 0.1) is 4.92 Å². The van der Waals surface area contributed by atoms with Gasteiger partial charge in [-0.05, 0) is 18.1 Å². The van der Waals surface area contributed by atoms with Crippen molar-refractivity contribution in [3.63, 3.8) is 0 Å². The Bertz CT molecular complexity index is 435. The first-order chi connectivity index (χ1) is 7.56. The summed E-state index contributed by atoms with van der Waals surface area (Å²) in [5.41, 5.74) is 4.86. The van der Waals surface area contributed by atoms with Crippen LogP contribution in [0.15, 0.2) is 18.2 Å². The number of anilines is 1. The summed E-state index contributed by atoms with van der Waals surface area (Å²) in [6.07, 6.45) is 4.18. The summed E-state index contributed by atoms with van der Waals surface area (Å²) in [6.45, 7) is 0. The van der Waals surface area contributed by atoms with Crippen LogP contribution in [0.25, 0.3) is 6.08 Å². The minimum Gasteiger partial charge on any atom is -0.391 e. The van der Waals surface area contributed by atoms with E-state index in [4.69, 9.17) is 5.73 Å². The topological polar surface area (TPSA) is 69.2 Å². The highest BCUT2D eigenvalue weighted by molar-refractivity contribution is 9.09. The number of alkyl halides is 1. The SMILES string of the molecule is Nc1c(F)cc(C=CCCBr)cc1[N+](=O)[O-]. The average molecular weight is 289 g/mol. The van der Waals surface area contributed by atoms with Crippen LogP contribution in [0.5, 0.6) is 0 Å². The summed E-state index contributed by atoms with van der Waals surface area (Å²) in [6, 6.07) is 2.43. The number of benzene rings is 1. The van der Waals surface area contributed by atoms with Gasteiger partial charge in [0, 0.05) is 11.4 Å². The second kappa shape index (κ2) is 5.60. The number of hydrogen-bond donors (Lipinski definition) is 1. The van der Waals surface area contributed by atoms with Crippen LogP contribution in [-0.4, -0.2) is 10.3 Å². The van der Waals surface area contributed by atoms with Crippen LogP contribution < -0.4 is 5.73 Å². The standard InChI is InChI=1S/C10H10BrFN2O2/c11-4-2-1-3-7-5-8(12)10(13)9(6-7)14(15)16/h1,3,5-6H,2,4,13H2. The molecule has 2 N–H and O–H groups in total. The molecule has 0 saturated carbocycles. The van der Waals surface area contributed by atoms with Crippen molar-refractivity contribution in [2.75, 3.05) is 11.1 Å². The van der Waals surface area contributed by atoms with Crippen molar-refractivity contribution in [3.8, 4) is 0 Å². The molecule has 1 aromatic carbocycles. The first kappa shape index (κ1) is 12.6. The number of nitro benzene ring substituents is 1. The maximum absolute atomic E-state index is 13.2. The van der Waals surface area contributed by atoms with Crippen LogP contribution in [0.4, 0.5) is 15.8 Å². The molecule has 0 aliphatic heterocycles. The zero-order chi connectivity index (χ0) is 12.1. The third kappa shape index (κ3) is 3.03. The van der Waals surface area contributed by atoms with E-state index in [1.165, 1.54) is 12.1 Å². The molecule has 0 bridgehead atoms. The monoisotopic (exact) mass is 288 g/mol. The predicted molar refractivity (Wildman–Crippen MR) is 64.9 cm³/mol. The first-order valence-electron chi connectivity index (χ1n) is 4.52. The number of nitrogens with two attached hydrogens (primary N) is 1. The fraction of sp³-hybridized carbons (Fsp3) is 0.200. The third-order valence-electron chi connectivity index (χ3n) is 1.91. The number of halogens is 2. The molecule has 0 saturated heterocycles. The first-order valence-corrected chi connectivity index (χ1v) is 5.64. The largest absolute Gasteiger partial charge is 0.391 e. The van der Waals surface area contributed by atoms with Crippen molar-refractivity contribution in [3.05, 3.63) is 39.7 Å². The van der Waals surface area contributed by atoms with Crippen molar-refractivity contribution >= 4 is 33.4 Å². The van der Waals surface area contributed by atoms with Gasteiger partial charge in [0.1, 0.15) is 5.69 Å². The Morgan fingerprint density at radius 2 is 2.25 bits per heavy atom. The van der Waals surface area contributed by atoms with Crippen molar-refractivity contribution in [1.29, 1.82) is 0 Å². The Labute approximate surface area is 100 Å². The van der Waals surface area contributed by atoms with Gasteiger partial charge in [-0.15, -0.1) is 0 Å². The number of hydrogen-bond acceptors (Lipinski definition) is 3. The van der Waals surface area contributed by atoms with Gasteiger partial charge in [0.2, 0.25) is 0 Å². The molecule has 86 valence electrons. The van der Waals surface area contributed by atoms with Crippen molar-refractivity contribution in [2.24, 2.45) is 0 Å². The van der Waals surface area contributed by atoms with E-state index in [0.29, 0.717) is 5.56 Å². The number of allylic oxidation sites excluding steroid dienone is 1. The van der Waals surface area contributed by atoms with Crippen molar-refractivity contribution in [2.45, 2.75) is 6.42 Å². The summed E-state index contributed by atoms with van der Waals surface area (Å²) < 4.78 is 13.2. The third-order valence-corrected chi connectivity index (χ3v) is 2.37. The molecule has 0 aromatic heterocycles. The zero-order valence-electron chi connectivity index (χ0n) is 8.32. The van der Waals surface area contributed by atoms with Gasteiger partial charge in [0.25, 0.3) is 5.69 Å². The number of nitro groups is 1. The van der Waals surface area contributed by atoms with E-state index in [-0.39, 0.29) is 0 Å². The molecule has 1 rings (SSSR count). The van der Waals surface area contributed by atoms with E-state index in [0.717, 1.165) is 11.8 Å². The quantitative estimate of drug-likeness (QED) is 0.401. The molecular weight excluding hydrogens is 279 g/mol. The summed E-state index contributed by atoms with van der Waals surface area (Å²) >= 11 is 3.23. The average Bonchev–Trinajstić information content (AvgIpc) is 2.23. The van der Waals surface area contributed by atoms with Gasteiger partial charge in [-0.3, -0.25) is 10.1 Å². The maximum atomic E-state index is 13.2. The van der Waals surface area contributed by atoms with Gasteiger partial charge >= 0.3 is 0 Å². The lowest BCUT2D eigenvalue weighted by Gasteiger charge is -2.00. The van der Waals surface area contributed by atoms with Gasteiger partial charge in [-0.2, -0.15) is 0 Å². The van der Waals surface area contributed by atoms with Crippen LogP contribution >= 0.6 is 15.9 Å². The van der Waals surface area contributed by atoms with Gasteiger partial charge in [0.15, 0.2) is 5.82 Å². The van der Waals surface area contributed by atoms with E-state index < -0.39 is 22.1 Å². The number of nitrogens with zero attached hydrogens (tertiary/aromatic N) is 1. The molecule has 0 spiro atoms. The maximum Gasteiger partial charge on any atom is 0.295 e. The normalized spacial score (nSPS) is 10.9. The summed E-state index contributed by atoms with van der Waals surface area (Å²) in [5, 5.41) is 11.4. The molecule has 0 fully saturated rings. The molecule has 0 radical (unpaired) electrons. The number of nitrogen functional groups attached to an aromatic ring is 1. The smallest absolute Gasteiger partial charge is 0.295 e. The molecule has 0 unspecified atom stereocenters. The van der Waals surface area contributed by atoms with Crippen LogP contribution in [0.2, 0.25) is 0 Å². The fourth-order valence-corrected chi connectivity index (χ4v) is 1.42. The predicted octanol–water partition coefficient (Wildman–Crippen LogP) is 3.11. The lowest BCUT2D eigenvalue weighted by molar-refractivity contribution is -0.384. The summed E-state index contributed by atoms with van der Waals surface area (Å²) in [5.74, 6) is -0.771. The molecule has 0 aliphatic carbocycles. The lowest BCUT2D eigenvalue weighted by atomic mass is 10.1. The molecular formula is C10H10BrFN2O2. The molecule has 16 heavy (non-hydrogen) atoms. The minimum atomic E-state index is -0.771. The van der Waals surface area contributed by atoms with Crippen LogP contribution in [0.1, 0.15) is 12.0 Å². The van der Waals surface area contributed by atoms with Gasteiger partial charge in [-0.1, -0.05) is 28.1 Å². The highest BCUT2D eigenvalue weighted by Crippen LogP contribution is 2.26. The Morgan fingerprint density at radius 1 is 1.56 bits per heavy atom. The van der Waals surface area contributed by atoms with Crippen LogP contribution in [-0.2, 0) is 0 Å². The van der Waals surface area contributed by atoms with E-state index >= 15 is 0 Å².